The fraction of sp³-hybridized carbons (Fsp3) is 0.361. The maximum absolute atomic E-state index is 13.3. The minimum absolute atomic E-state index is 0.0586. The molecule has 48 heavy (non-hydrogen) atoms. The summed E-state index contributed by atoms with van der Waals surface area (Å²) in [7, 11) is 1.68. The van der Waals surface area contributed by atoms with Crippen molar-refractivity contribution in [3.63, 3.8) is 0 Å². The van der Waals surface area contributed by atoms with Crippen molar-refractivity contribution in [2.75, 3.05) is 20.1 Å². The van der Waals surface area contributed by atoms with Gasteiger partial charge >= 0.3 is 5.97 Å². The number of nitrogens with one attached hydrogen (secondary N) is 3. The van der Waals surface area contributed by atoms with Gasteiger partial charge in [-0.15, -0.1) is 0 Å². The van der Waals surface area contributed by atoms with Crippen LogP contribution >= 0.6 is 0 Å². The summed E-state index contributed by atoms with van der Waals surface area (Å²) in [5.74, 6) is -1.90. The molecule has 12 nitrogen and oxygen atoms in total. The van der Waals surface area contributed by atoms with Crippen LogP contribution in [0.5, 0.6) is 5.75 Å². The predicted molar refractivity (Wildman–Crippen MR) is 180 cm³/mol. The van der Waals surface area contributed by atoms with Gasteiger partial charge < -0.3 is 35.5 Å². The average Bonchev–Trinajstić information content (AvgIpc) is 3.50. The lowest BCUT2D eigenvalue weighted by atomic mass is 9.90. The van der Waals surface area contributed by atoms with Crippen molar-refractivity contribution in [2.24, 2.45) is 0 Å². The van der Waals surface area contributed by atoms with Crippen molar-refractivity contribution in [3.05, 3.63) is 75.9 Å². The monoisotopic (exact) mass is 656 g/mol. The molecule has 3 amide bonds. The van der Waals surface area contributed by atoms with Crippen molar-refractivity contribution in [2.45, 2.75) is 64.1 Å². The lowest BCUT2D eigenvalue weighted by molar-refractivity contribution is -0.137. The number of carbonyl (C=O) groups excluding carboxylic acids is 3. The number of fused-ring (bicyclic) bond motifs is 2. The Hall–Kier alpha value is -5.23. The molecule has 5 N–H and O–H groups in total. The zero-order chi connectivity index (χ0) is 34.5. The van der Waals surface area contributed by atoms with Gasteiger partial charge in [0.05, 0.1) is 11.6 Å². The molecular weight excluding hydrogens is 616 g/mol. The highest BCUT2D eigenvalue weighted by Crippen LogP contribution is 2.42. The number of hydrogen-bond acceptors (Lipinski definition) is 8. The highest BCUT2D eigenvalue weighted by Gasteiger charge is 2.32. The van der Waals surface area contributed by atoms with Crippen LogP contribution in [0.4, 0.5) is 0 Å². The van der Waals surface area contributed by atoms with E-state index in [1.807, 2.05) is 11.8 Å². The number of carbonyl (C=O) groups is 4. The van der Waals surface area contributed by atoms with Crippen LogP contribution in [0, 0.1) is 0 Å². The fourth-order valence-corrected chi connectivity index (χ4v) is 6.15. The zero-order valence-electron chi connectivity index (χ0n) is 27.2. The molecule has 0 unspecified atom stereocenters. The lowest BCUT2D eigenvalue weighted by Gasteiger charge is -2.28. The van der Waals surface area contributed by atoms with Crippen molar-refractivity contribution in [1.82, 2.24) is 20.9 Å². The molecule has 0 saturated carbocycles. The van der Waals surface area contributed by atoms with Crippen LogP contribution in [0.2, 0.25) is 0 Å². The minimum atomic E-state index is -1.25. The minimum Gasteiger partial charge on any atom is -0.508 e. The number of carboxylic acids is 1. The van der Waals surface area contributed by atoms with E-state index < -0.39 is 24.0 Å². The standard InChI is InChI=1S/C36H40N4O8/c1-20-7-6-16-40(20)35(45)29(39-33(43)21(2)37-3)8-4-5-15-38-34(44)22-9-12-25(28(17-22)36(46)47)32-26-13-10-23(41)18-30(26)48-31-19-24(42)11-14-27(31)32/h9-14,17-21,29,37,41H,4-8,15-16H2,1-3H3,(H,38,44)(H,39,43)(H,46,47)/t20-,21+,29+/m1/s1. The van der Waals surface area contributed by atoms with Gasteiger partial charge in [-0.2, -0.15) is 0 Å². The van der Waals surface area contributed by atoms with E-state index in [-0.39, 0.29) is 58.0 Å². The van der Waals surface area contributed by atoms with Crippen LogP contribution in [0.3, 0.4) is 0 Å². The Balaban J connectivity index is 1.30. The second-order valence-corrected chi connectivity index (χ2v) is 12.2. The van der Waals surface area contributed by atoms with Crippen LogP contribution in [-0.2, 0) is 9.59 Å². The van der Waals surface area contributed by atoms with E-state index in [1.54, 1.807) is 32.2 Å². The number of phenolic OH excluding ortho intramolecular Hbond substituents is 1. The van der Waals surface area contributed by atoms with Crippen LogP contribution in [0.1, 0.15) is 66.7 Å². The normalized spacial score (nSPS) is 15.7. The molecule has 5 rings (SSSR count). The van der Waals surface area contributed by atoms with E-state index in [9.17, 15) is 34.2 Å². The summed E-state index contributed by atoms with van der Waals surface area (Å²) >= 11 is 0. The average molecular weight is 657 g/mol. The third-order valence-electron chi connectivity index (χ3n) is 8.94. The van der Waals surface area contributed by atoms with E-state index in [1.165, 1.54) is 36.4 Å². The number of hydrogen-bond donors (Lipinski definition) is 5. The SMILES string of the molecule is CN[C@@H](C)C(=O)N[C@@H](CCCCNC(=O)c1ccc(-c2c3ccc(=O)cc-3oc3cc(O)ccc23)c(C(=O)O)c1)C(=O)N1CCC[C@H]1C. The number of aromatic carboxylic acids is 1. The Morgan fingerprint density at radius 2 is 1.79 bits per heavy atom. The molecule has 2 aromatic carbocycles. The van der Waals surface area contributed by atoms with Gasteiger partial charge in [0.1, 0.15) is 23.1 Å². The van der Waals surface area contributed by atoms with Gasteiger partial charge in [-0.05, 0) is 95.0 Å². The molecule has 252 valence electrons. The number of likely N-dealkylation sites (N-methyl/N-ethyl adjacent to an activating group) is 1. The summed E-state index contributed by atoms with van der Waals surface area (Å²) in [6.07, 6.45) is 3.36. The molecular formula is C36H40N4O8. The number of likely N-dealkylation sites (tertiary alicyclic amines) is 1. The summed E-state index contributed by atoms with van der Waals surface area (Å²) in [4.78, 5) is 65.4. The Morgan fingerprint density at radius 1 is 1.02 bits per heavy atom. The lowest BCUT2D eigenvalue weighted by Crippen LogP contribution is -2.53. The number of nitrogens with zero attached hydrogens (tertiary/aromatic N) is 1. The fourth-order valence-electron chi connectivity index (χ4n) is 6.15. The number of phenols is 1. The Labute approximate surface area is 277 Å². The highest BCUT2D eigenvalue weighted by atomic mass is 16.4. The summed E-state index contributed by atoms with van der Waals surface area (Å²) in [6.45, 7) is 4.68. The van der Waals surface area contributed by atoms with Gasteiger partial charge in [0, 0.05) is 53.3 Å². The largest absolute Gasteiger partial charge is 0.508 e. The summed E-state index contributed by atoms with van der Waals surface area (Å²) < 4.78 is 5.87. The van der Waals surface area contributed by atoms with Crippen molar-refractivity contribution in [3.8, 4) is 28.2 Å². The van der Waals surface area contributed by atoms with Crippen LogP contribution in [-0.4, -0.2) is 77.1 Å². The molecule has 2 aromatic rings. The first-order valence-corrected chi connectivity index (χ1v) is 16.1. The van der Waals surface area contributed by atoms with Gasteiger partial charge in [-0.1, -0.05) is 6.07 Å². The summed E-state index contributed by atoms with van der Waals surface area (Å²) in [6, 6.07) is 12.1. The molecule has 12 heteroatoms. The number of rotatable bonds is 12. The predicted octanol–water partition coefficient (Wildman–Crippen LogP) is 3.97. The number of carboxylic acid groups (broad SMARTS) is 1. The Morgan fingerprint density at radius 3 is 2.50 bits per heavy atom. The third kappa shape index (κ3) is 7.33. The van der Waals surface area contributed by atoms with Crippen molar-refractivity contribution < 1.29 is 33.8 Å². The molecule has 1 saturated heterocycles. The topological polar surface area (TPSA) is 178 Å². The second kappa shape index (κ2) is 14.7. The molecule has 0 spiro atoms. The second-order valence-electron chi connectivity index (χ2n) is 12.2. The third-order valence-corrected chi connectivity index (χ3v) is 8.94. The zero-order valence-corrected chi connectivity index (χ0v) is 27.2. The van der Waals surface area contributed by atoms with E-state index in [0.29, 0.717) is 47.9 Å². The van der Waals surface area contributed by atoms with Crippen molar-refractivity contribution >= 4 is 34.7 Å². The molecule has 2 aliphatic heterocycles. The van der Waals surface area contributed by atoms with Gasteiger partial charge in [-0.3, -0.25) is 19.2 Å². The smallest absolute Gasteiger partial charge is 0.336 e. The molecule has 3 aliphatic rings. The maximum Gasteiger partial charge on any atom is 0.336 e. The van der Waals surface area contributed by atoms with E-state index in [4.69, 9.17) is 4.42 Å². The van der Waals surface area contributed by atoms with Crippen LogP contribution in [0.25, 0.3) is 33.4 Å². The number of benzene rings is 3. The Kier molecular flexibility index (Phi) is 10.4. The highest BCUT2D eigenvalue weighted by molar-refractivity contribution is 6.09. The van der Waals surface area contributed by atoms with E-state index in [2.05, 4.69) is 16.0 Å². The van der Waals surface area contributed by atoms with Gasteiger partial charge in [0.15, 0.2) is 5.43 Å². The molecule has 0 radical (unpaired) electrons. The molecule has 1 aliphatic carbocycles. The molecule has 0 bridgehead atoms. The molecule has 1 fully saturated rings. The first kappa shape index (κ1) is 34.1. The molecule has 2 heterocycles. The summed E-state index contributed by atoms with van der Waals surface area (Å²) in [5, 5.41) is 29.4. The molecule has 3 atom stereocenters. The number of amides is 3. The first-order valence-electron chi connectivity index (χ1n) is 16.1. The number of unbranched alkanes of at least 4 members (excludes halogenated alkanes) is 1. The maximum atomic E-state index is 13.3. The summed E-state index contributed by atoms with van der Waals surface area (Å²) in [5.41, 5.74) is 1.29. The van der Waals surface area contributed by atoms with Gasteiger partial charge in [-0.25, -0.2) is 4.79 Å². The van der Waals surface area contributed by atoms with Crippen LogP contribution < -0.4 is 21.4 Å². The number of aromatic hydroxyl groups is 1. The van der Waals surface area contributed by atoms with Gasteiger partial charge in [0.2, 0.25) is 11.8 Å². The van der Waals surface area contributed by atoms with E-state index in [0.717, 1.165) is 12.8 Å². The first-order chi connectivity index (χ1) is 23.0. The Bertz CT molecular complexity index is 1890. The van der Waals surface area contributed by atoms with Crippen molar-refractivity contribution in [1.29, 1.82) is 0 Å². The quantitative estimate of drug-likeness (QED) is 0.111. The van der Waals surface area contributed by atoms with Gasteiger partial charge in [0.25, 0.3) is 5.91 Å². The van der Waals surface area contributed by atoms with Crippen LogP contribution in [0.15, 0.2) is 63.8 Å². The van der Waals surface area contributed by atoms with E-state index >= 15 is 0 Å². The molecule has 0 aromatic heterocycles.